The van der Waals surface area contributed by atoms with Crippen molar-refractivity contribution >= 4 is 29.5 Å². The van der Waals surface area contributed by atoms with Crippen LogP contribution in [0.2, 0.25) is 0 Å². The molecule has 0 radical (unpaired) electrons. The summed E-state index contributed by atoms with van der Waals surface area (Å²) in [5.41, 5.74) is 3.54. The number of anilines is 1. The van der Waals surface area contributed by atoms with Gasteiger partial charge < -0.3 is 29.4 Å². The average molecular weight is 554 g/mol. The van der Waals surface area contributed by atoms with E-state index in [9.17, 15) is 19.2 Å². The molecule has 214 valence electrons. The highest BCUT2D eigenvalue weighted by Gasteiger charge is 2.34. The highest BCUT2D eigenvalue weighted by Crippen LogP contribution is 2.43. The van der Waals surface area contributed by atoms with Gasteiger partial charge in [-0.05, 0) is 69.4 Å². The number of unbranched alkanes of at least 4 members (excludes halogenated alkanes) is 1. The van der Waals surface area contributed by atoms with E-state index >= 15 is 0 Å². The molecule has 0 bridgehead atoms. The number of amides is 1. The summed E-state index contributed by atoms with van der Waals surface area (Å²) in [5.74, 6) is -0.914. The van der Waals surface area contributed by atoms with E-state index in [4.69, 9.17) is 24.1 Å². The third-order valence-electron chi connectivity index (χ3n) is 6.64. The van der Waals surface area contributed by atoms with E-state index in [1.54, 1.807) is 31.4 Å². The molecule has 0 atom stereocenters. The van der Waals surface area contributed by atoms with Gasteiger partial charge in [-0.3, -0.25) is 14.4 Å². The fourth-order valence-electron chi connectivity index (χ4n) is 4.42. The summed E-state index contributed by atoms with van der Waals surface area (Å²) in [4.78, 5) is 48.7. The Labute approximate surface area is 233 Å². The lowest BCUT2D eigenvalue weighted by Crippen LogP contribution is -2.15. The maximum Gasteiger partial charge on any atom is 0.342 e. The van der Waals surface area contributed by atoms with Crippen LogP contribution in [0.5, 0.6) is 17.2 Å². The molecule has 0 fully saturated rings. The second-order valence-corrected chi connectivity index (χ2v) is 9.50. The van der Waals surface area contributed by atoms with Crippen molar-refractivity contribution in [2.45, 2.75) is 65.4 Å². The van der Waals surface area contributed by atoms with Gasteiger partial charge in [0, 0.05) is 36.1 Å². The first-order chi connectivity index (χ1) is 19.1. The van der Waals surface area contributed by atoms with E-state index in [0.717, 1.165) is 11.1 Å². The molecule has 2 aromatic carbocycles. The fourth-order valence-corrected chi connectivity index (χ4v) is 4.42. The van der Waals surface area contributed by atoms with Gasteiger partial charge in [0.15, 0.2) is 5.75 Å². The third kappa shape index (κ3) is 7.84. The van der Waals surface area contributed by atoms with Crippen LogP contribution in [-0.2, 0) is 32.1 Å². The number of cyclic esters (lactones) is 1. The number of aliphatic carboxylic acids is 1. The van der Waals surface area contributed by atoms with Crippen LogP contribution in [0.3, 0.4) is 0 Å². The summed E-state index contributed by atoms with van der Waals surface area (Å²) in [7, 11) is 3.07. The Kier molecular flexibility index (Phi) is 10.7. The fraction of sp³-hybridized carbons (Fsp3) is 0.400. The molecule has 2 N–H and O–H groups in total. The van der Waals surface area contributed by atoms with E-state index in [1.807, 2.05) is 19.9 Å². The Balaban J connectivity index is 1.68. The molecular formula is C30H35NO9. The number of methoxy groups -OCH3 is 2. The summed E-state index contributed by atoms with van der Waals surface area (Å²) in [6.07, 6.45) is 3.62. The second-order valence-electron chi connectivity index (χ2n) is 9.50. The number of carbonyl (C=O) groups excluding carboxylic acids is 3. The molecule has 0 aliphatic carbocycles. The minimum atomic E-state index is -0.894. The van der Waals surface area contributed by atoms with Crippen molar-refractivity contribution in [3.8, 4) is 17.2 Å². The molecule has 2 aromatic rings. The number of nitrogens with one attached hydrogen (secondary N) is 1. The van der Waals surface area contributed by atoms with Gasteiger partial charge in [-0.1, -0.05) is 11.6 Å². The SMILES string of the molecule is COc1ccc(NC(=O)CCCCC(=O)Oc2c(C/C=C(\C)CCC(=O)O)c(OC)c(C)c3c2C(=O)OC3)cc1. The number of ether oxygens (including phenoxy) is 4. The number of carbonyl (C=O) groups is 4. The molecule has 1 aliphatic rings. The zero-order valence-corrected chi connectivity index (χ0v) is 23.3. The van der Waals surface area contributed by atoms with Gasteiger partial charge in [0.2, 0.25) is 5.91 Å². The van der Waals surface area contributed by atoms with Crippen molar-refractivity contribution in [1.82, 2.24) is 0 Å². The number of esters is 2. The van der Waals surface area contributed by atoms with Crippen LogP contribution in [0.1, 0.15) is 72.5 Å². The molecule has 3 rings (SSSR count). The van der Waals surface area contributed by atoms with Crippen LogP contribution < -0.4 is 19.5 Å². The average Bonchev–Trinajstić information content (AvgIpc) is 3.32. The Hall–Kier alpha value is -4.34. The quantitative estimate of drug-likeness (QED) is 0.141. The van der Waals surface area contributed by atoms with E-state index in [0.29, 0.717) is 47.6 Å². The summed E-state index contributed by atoms with van der Waals surface area (Å²) in [5, 5.41) is 11.8. The van der Waals surface area contributed by atoms with Crippen LogP contribution in [0, 0.1) is 6.92 Å². The number of allylic oxidation sites excluding steroid dienone is 2. The molecule has 10 nitrogen and oxygen atoms in total. The standard InChI is InChI=1S/C30H35NO9/c1-18(10-16-25(33)34)9-15-22-28(38-4)19(2)23-17-39-30(36)27(23)29(22)40-26(35)8-6-5-7-24(32)31-20-11-13-21(37-3)14-12-20/h9,11-14H,5-8,10,15-17H2,1-4H3,(H,31,32)(H,33,34)/b18-9+. The predicted octanol–water partition coefficient (Wildman–Crippen LogP) is 5.14. The van der Waals surface area contributed by atoms with E-state index in [1.165, 1.54) is 7.11 Å². The summed E-state index contributed by atoms with van der Waals surface area (Å²) < 4.78 is 21.7. The first kappa shape index (κ1) is 30.2. The second kappa shape index (κ2) is 14.2. The zero-order chi connectivity index (χ0) is 29.2. The Morgan fingerprint density at radius 3 is 2.35 bits per heavy atom. The van der Waals surface area contributed by atoms with E-state index in [-0.39, 0.29) is 49.5 Å². The van der Waals surface area contributed by atoms with Crippen LogP contribution >= 0.6 is 0 Å². The predicted molar refractivity (Wildman–Crippen MR) is 147 cm³/mol. The molecule has 0 aromatic heterocycles. The summed E-state index contributed by atoms with van der Waals surface area (Å²) >= 11 is 0. The van der Waals surface area contributed by atoms with Crippen molar-refractivity contribution < 1.29 is 43.2 Å². The summed E-state index contributed by atoms with van der Waals surface area (Å²) in [6.45, 7) is 3.69. The van der Waals surface area contributed by atoms with Crippen LogP contribution in [-0.4, -0.2) is 43.1 Å². The molecule has 0 unspecified atom stereocenters. The van der Waals surface area contributed by atoms with Crippen LogP contribution in [0.4, 0.5) is 5.69 Å². The first-order valence-electron chi connectivity index (χ1n) is 13.1. The van der Waals surface area contributed by atoms with E-state index in [2.05, 4.69) is 5.32 Å². The Morgan fingerprint density at radius 2 is 1.70 bits per heavy atom. The molecule has 1 aliphatic heterocycles. The molecule has 1 heterocycles. The van der Waals surface area contributed by atoms with Gasteiger partial charge in [0.25, 0.3) is 0 Å². The molecule has 40 heavy (non-hydrogen) atoms. The number of hydrogen-bond acceptors (Lipinski definition) is 8. The van der Waals surface area contributed by atoms with Crippen LogP contribution in [0.15, 0.2) is 35.9 Å². The number of benzene rings is 2. The van der Waals surface area contributed by atoms with Crippen molar-refractivity contribution in [2.75, 3.05) is 19.5 Å². The molecule has 0 saturated carbocycles. The number of rotatable bonds is 14. The molecule has 0 spiro atoms. The minimum Gasteiger partial charge on any atom is -0.497 e. The van der Waals surface area contributed by atoms with Gasteiger partial charge in [-0.15, -0.1) is 0 Å². The largest absolute Gasteiger partial charge is 0.497 e. The normalized spacial score (nSPS) is 12.4. The van der Waals surface area contributed by atoms with Crippen molar-refractivity contribution in [3.63, 3.8) is 0 Å². The lowest BCUT2D eigenvalue weighted by atomic mass is 9.94. The molecular weight excluding hydrogens is 518 g/mol. The topological polar surface area (TPSA) is 137 Å². The smallest absolute Gasteiger partial charge is 0.342 e. The highest BCUT2D eigenvalue weighted by molar-refractivity contribution is 5.99. The number of hydrogen-bond donors (Lipinski definition) is 2. The maximum atomic E-state index is 12.9. The van der Waals surface area contributed by atoms with Crippen molar-refractivity contribution in [1.29, 1.82) is 0 Å². The number of fused-ring (bicyclic) bond motifs is 1. The first-order valence-corrected chi connectivity index (χ1v) is 13.1. The number of carboxylic acid groups (broad SMARTS) is 1. The van der Waals surface area contributed by atoms with E-state index < -0.39 is 17.9 Å². The van der Waals surface area contributed by atoms with Crippen molar-refractivity contribution in [2.24, 2.45) is 0 Å². The van der Waals surface area contributed by atoms with Crippen LogP contribution in [0.25, 0.3) is 0 Å². The lowest BCUT2D eigenvalue weighted by Gasteiger charge is -2.19. The maximum absolute atomic E-state index is 12.9. The monoisotopic (exact) mass is 553 g/mol. The lowest BCUT2D eigenvalue weighted by molar-refractivity contribution is -0.137. The highest BCUT2D eigenvalue weighted by atomic mass is 16.6. The Morgan fingerprint density at radius 1 is 1.00 bits per heavy atom. The van der Waals surface area contributed by atoms with Gasteiger partial charge >= 0.3 is 17.9 Å². The van der Waals surface area contributed by atoms with Gasteiger partial charge in [0.05, 0.1) is 14.2 Å². The van der Waals surface area contributed by atoms with Crippen molar-refractivity contribution in [3.05, 3.63) is 58.2 Å². The zero-order valence-electron chi connectivity index (χ0n) is 23.3. The Bertz CT molecular complexity index is 1300. The third-order valence-corrected chi connectivity index (χ3v) is 6.64. The van der Waals surface area contributed by atoms with Gasteiger partial charge in [0.1, 0.15) is 23.7 Å². The summed E-state index contributed by atoms with van der Waals surface area (Å²) in [6, 6.07) is 6.99. The molecule has 10 heteroatoms. The molecule has 0 saturated heterocycles. The van der Waals surface area contributed by atoms with Gasteiger partial charge in [-0.25, -0.2) is 4.79 Å². The molecule has 1 amide bonds. The minimum absolute atomic E-state index is 0.00499. The van der Waals surface area contributed by atoms with Gasteiger partial charge in [-0.2, -0.15) is 0 Å². The number of carboxylic acids is 1.